The van der Waals surface area contributed by atoms with Crippen LogP contribution in [0.2, 0.25) is 0 Å². The van der Waals surface area contributed by atoms with Gasteiger partial charge in [-0.25, -0.2) is 4.79 Å². The number of para-hydroxylation sites is 1. The minimum atomic E-state index is -0.810. The second kappa shape index (κ2) is 8.47. The van der Waals surface area contributed by atoms with Gasteiger partial charge in [-0.05, 0) is 30.7 Å². The molecule has 1 unspecified atom stereocenters. The van der Waals surface area contributed by atoms with E-state index in [0.717, 1.165) is 10.6 Å². The third-order valence-corrected chi connectivity index (χ3v) is 3.61. The highest BCUT2D eigenvalue weighted by Gasteiger charge is 2.09. The quantitative estimate of drug-likeness (QED) is 0.676. The predicted octanol–water partition coefficient (Wildman–Crippen LogP) is 3.03. The molecule has 0 aliphatic rings. The fraction of sp³-hybridized carbons (Fsp3) is 0.429. The summed E-state index contributed by atoms with van der Waals surface area (Å²) in [6.45, 7) is 2.37. The number of hydrogen-bond donors (Lipinski definition) is 3. The molecule has 0 heterocycles. The Balaban J connectivity index is 2.38. The zero-order chi connectivity index (χ0) is 15.0. The molecule has 0 saturated heterocycles. The molecule has 0 radical (unpaired) electrons. The number of urea groups is 1. The van der Waals surface area contributed by atoms with Crippen LogP contribution in [-0.2, 0) is 4.79 Å². The van der Waals surface area contributed by atoms with E-state index in [9.17, 15) is 9.59 Å². The van der Waals surface area contributed by atoms with E-state index in [1.807, 2.05) is 37.4 Å². The van der Waals surface area contributed by atoms with Crippen molar-refractivity contribution in [2.45, 2.75) is 24.7 Å². The van der Waals surface area contributed by atoms with Gasteiger partial charge in [-0.15, -0.1) is 11.8 Å². The molecule has 0 saturated carbocycles. The summed E-state index contributed by atoms with van der Waals surface area (Å²) in [4.78, 5) is 23.2. The first-order valence-electron chi connectivity index (χ1n) is 6.42. The molecule has 0 aliphatic heterocycles. The first-order chi connectivity index (χ1) is 9.52. The topological polar surface area (TPSA) is 78.4 Å². The van der Waals surface area contributed by atoms with Gasteiger partial charge in [0.2, 0.25) is 0 Å². The van der Waals surface area contributed by atoms with Gasteiger partial charge in [-0.1, -0.05) is 19.1 Å². The zero-order valence-corrected chi connectivity index (χ0v) is 12.5. The Kier molecular flexibility index (Phi) is 6.93. The van der Waals surface area contributed by atoms with Crippen molar-refractivity contribution in [2.24, 2.45) is 5.92 Å². The highest BCUT2D eigenvalue weighted by molar-refractivity contribution is 7.98. The average Bonchev–Trinajstić information content (AvgIpc) is 2.43. The molecule has 0 bridgehead atoms. The number of thioether (sulfide) groups is 1. The van der Waals surface area contributed by atoms with Gasteiger partial charge in [0.05, 0.1) is 5.69 Å². The van der Waals surface area contributed by atoms with E-state index in [-0.39, 0.29) is 18.4 Å². The fourth-order valence-corrected chi connectivity index (χ4v) is 2.21. The van der Waals surface area contributed by atoms with E-state index in [1.54, 1.807) is 11.8 Å². The van der Waals surface area contributed by atoms with Crippen LogP contribution in [0.3, 0.4) is 0 Å². The van der Waals surface area contributed by atoms with E-state index in [1.165, 1.54) is 0 Å². The van der Waals surface area contributed by atoms with Crippen LogP contribution in [0.1, 0.15) is 19.8 Å². The number of nitrogens with one attached hydrogen (secondary N) is 2. The first kappa shape index (κ1) is 16.4. The summed E-state index contributed by atoms with van der Waals surface area (Å²) in [6.07, 6.45) is 2.63. The maximum Gasteiger partial charge on any atom is 0.319 e. The van der Waals surface area contributed by atoms with Crippen molar-refractivity contribution < 1.29 is 14.7 Å². The molecule has 1 rings (SSSR count). The SMILES string of the molecule is CSc1ccccc1NC(=O)NCC(C)CCC(=O)O. The molecular formula is C14H20N2O3S. The van der Waals surface area contributed by atoms with E-state index in [4.69, 9.17) is 5.11 Å². The Morgan fingerprint density at radius 2 is 2.05 bits per heavy atom. The molecule has 1 atom stereocenters. The lowest BCUT2D eigenvalue weighted by Gasteiger charge is -2.13. The Hall–Kier alpha value is -1.69. The standard InChI is InChI=1S/C14H20N2O3S/c1-10(7-8-13(17)18)9-15-14(19)16-11-5-3-4-6-12(11)20-2/h3-6,10H,7-9H2,1-2H3,(H,17,18)(H2,15,16,19). The molecule has 0 aromatic heterocycles. The third-order valence-electron chi connectivity index (χ3n) is 2.82. The molecule has 1 aromatic carbocycles. The monoisotopic (exact) mass is 296 g/mol. The van der Waals surface area contributed by atoms with Crippen LogP contribution in [0.5, 0.6) is 0 Å². The van der Waals surface area contributed by atoms with Crippen LogP contribution in [0.25, 0.3) is 0 Å². The van der Waals surface area contributed by atoms with Gasteiger partial charge in [0, 0.05) is 17.9 Å². The summed E-state index contributed by atoms with van der Waals surface area (Å²) in [7, 11) is 0. The first-order valence-corrected chi connectivity index (χ1v) is 7.65. The number of carbonyl (C=O) groups excluding carboxylic acids is 1. The van der Waals surface area contributed by atoms with E-state index in [0.29, 0.717) is 13.0 Å². The van der Waals surface area contributed by atoms with Gasteiger partial charge in [0.15, 0.2) is 0 Å². The van der Waals surface area contributed by atoms with Crippen LogP contribution in [0.15, 0.2) is 29.2 Å². The number of anilines is 1. The minimum Gasteiger partial charge on any atom is -0.481 e. The van der Waals surface area contributed by atoms with Crippen molar-refractivity contribution >= 4 is 29.4 Å². The molecule has 2 amide bonds. The van der Waals surface area contributed by atoms with Crippen LogP contribution in [0, 0.1) is 5.92 Å². The fourth-order valence-electron chi connectivity index (χ4n) is 1.65. The summed E-state index contributed by atoms with van der Waals surface area (Å²) < 4.78 is 0. The molecule has 1 aromatic rings. The number of carbonyl (C=O) groups is 2. The van der Waals surface area contributed by atoms with Crippen molar-refractivity contribution in [3.63, 3.8) is 0 Å². The molecule has 6 heteroatoms. The second-order valence-electron chi connectivity index (χ2n) is 4.57. The molecule has 0 fully saturated rings. The smallest absolute Gasteiger partial charge is 0.319 e. The molecule has 0 aliphatic carbocycles. The lowest BCUT2D eigenvalue weighted by atomic mass is 10.1. The van der Waals surface area contributed by atoms with Crippen LogP contribution in [-0.4, -0.2) is 29.9 Å². The summed E-state index contributed by atoms with van der Waals surface area (Å²) in [5, 5.41) is 14.1. The van der Waals surface area contributed by atoms with Gasteiger partial charge in [0.25, 0.3) is 0 Å². The molecule has 3 N–H and O–H groups in total. The summed E-state index contributed by atoms with van der Waals surface area (Å²) in [5.41, 5.74) is 0.774. The third kappa shape index (κ3) is 5.97. The van der Waals surface area contributed by atoms with Crippen LogP contribution in [0.4, 0.5) is 10.5 Å². The Morgan fingerprint density at radius 3 is 2.70 bits per heavy atom. The zero-order valence-electron chi connectivity index (χ0n) is 11.7. The molecule has 20 heavy (non-hydrogen) atoms. The highest BCUT2D eigenvalue weighted by Crippen LogP contribution is 2.24. The van der Waals surface area contributed by atoms with Crippen molar-refractivity contribution in [3.8, 4) is 0 Å². The maximum atomic E-state index is 11.8. The van der Waals surface area contributed by atoms with Crippen molar-refractivity contribution in [1.82, 2.24) is 5.32 Å². The second-order valence-corrected chi connectivity index (χ2v) is 5.42. The highest BCUT2D eigenvalue weighted by atomic mass is 32.2. The Morgan fingerprint density at radius 1 is 1.35 bits per heavy atom. The summed E-state index contributed by atoms with van der Waals surface area (Å²) in [6, 6.07) is 7.30. The number of hydrogen-bond acceptors (Lipinski definition) is 3. The summed E-state index contributed by atoms with van der Waals surface area (Å²) >= 11 is 1.57. The van der Waals surface area contributed by atoms with Crippen molar-refractivity contribution in [1.29, 1.82) is 0 Å². The van der Waals surface area contributed by atoms with E-state index < -0.39 is 5.97 Å². The number of carboxylic acid groups (broad SMARTS) is 1. The van der Waals surface area contributed by atoms with E-state index in [2.05, 4.69) is 10.6 Å². The average molecular weight is 296 g/mol. The van der Waals surface area contributed by atoms with Gasteiger partial charge >= 0.3 is 12.0 Å². The predicted molar refractivity (Wildman–Crippen MR) is 81.3 cm³/mol. The summed E-state index contributed by atoms with van der Waals surface area (Å²) in [5.74, 6) is -0.678. The number of aliphatic carboxylic acids is 1. The molecule has 110 valence electrons. The lowest BCUT2D eigenvalue weighted by molar-refractivity contribution is -0.137. The van der Waals surface area contributed by atoms with Crippen molar-refractivity contribution in [2.75, 3.05) is 18.1 Å². The van der Waals surface area contributed by atoms with Gasteiger partial charge in [-0.2, -0.15) is 0 Å². The number of benzene rings is 1. The lowest BCUT2D eigenvalue weighted by Crippen LogP contribution is -2.32. The largest absolute Gasteiger partial charge is 0.481 e. The van der Waals surface area contributed by atoms with Crippen LogP contribution >= 0.6 is 11.8 Å². The number of rotatable bonds is 7. The Labute approximate surface area is 123 Å². The minimum absolute atomic E-state index is 0.125. The van der Waals surface area contributed by atoms with Crippen LogP contribution < -0.4 is 10.6 Å². The van der Waals surface area contributed by atoms with Gasteiger partial charge in [-0.3, -0.25) is 4.79 Å². The number of carboxylic acids is 1. The normalized spacial score (nSPS) is 11.7. The van der Waals surface area contributed by atoms with Gasteiger partial charge < -0.3 is 15.7 Å². The van der Waals surface area contributed by atoms with Gasteiger partial charge in [0.1, 0.15) is 0 Å². The number of amides is 2. The molecule has 5 nitrogen and oxygen atoms in total. The molecule has 0 spiro atoms. The maximum absolute atomic E-state index is 11.8. The Bertz CT molecular complexity index is 465. The van der Waals surface area contributed by atoms with E-state index >= 15 is 0 Å². The molecular weight excluding hydrogens is 276 g/mol. The van der Waals surface area contributed by atoms with Crippen molar-refractivity contribution in [3.05, 3.63) is 24.3 Å².